The summed E-state index contributed by atoms with van der Waals surface area (Å²) in [7, 11) is 0. The predicted octanol–water partition coefficient (Wildman–Crippen LogP) is 5.19. The summed E-state index contributed by atoms with van der Waals surface area (Å²) < 4.78 is 22.6. The summed E-state index contributed by atoms with van der Waals surface area (Å²) in [5.74, 6) is 6.32. The Hall–Kier alpha value is -0.160. The van der Waals surface area contributed by atoms with Crippen LogP contribution in [-0.4, -0.2) is 50.8 Å². The van der Waals surface area contributed by atoms with E-state index in [0.29, 0.717) is 36.3 Å². The molecular weight excluding hydrogens is 376 g/mol. The Morgan fingerprint density at radius 2 is 0.700 bits per heavy atom. The molecule has 0 amide bonds. The van der Waals surface area contributed by atoms with Crippen molar-refractivity contribution in [3.63, 3.8) is 0 Å². The first-order chi connectivity index (χ1) is 14.4. The van der Waals surface area contributed by atoms with E-state index in [2.05, 4.69) is 41.5 Å². The van der Waals surface area contributed by atoms with Crippen molar-refractivity contribution in [2.45, 2.75) is 91.6 Å². The highest BCUT2D eigenvalue weighted by Crippen LogP contribution is 2.43. The fourth-order valence-electron chi connectivity index (χ4n) is 6.86. The van der Waals surface area contributed by atoms with Gasteiger partial charge in [0.05, 0.1) is 37.6 Å². The molecule has 0 aromatic rings. The van der Waals surface area contributed by atoms with Gasteiger partial charge >= 0.3 is 0 Å². The van der Waals surface area contributed by atoms with Crippen LogP contribution in [0.1, 0.15) is 67.2 Å². The zero-order valence-corrected chi connectivity index (χ0v) is 20.2. The van der Waals surface area contributed by atoms with E-state index in [9.17, 15) is 0 Å². The van der Waals surface area contributed by atoms with Crippen molar-refractivity contribution >= 4 is 0 Å². The van der Waals surface area contributed by atoms with Crippen LogP contribution in [0.4, 0.5) is 0 Å². The molecule has 4 nitrogen and oxygen atoms in total. The quantitative estimate of drug-likeness (QED) is 0.538. The van der Waals surface area contributed by atoms with Gasteiger partial charge < -0.3 is 18.9 Å². The molecular formula is C26H46O4. The molecule has 4 heterocycles. The molecule has 4 saturated heterocycles. The molecule has 174 valence electrons. The third-order valence-corrected chi connectivity index (χ3v) is 8.99. The van der Waals surface area contributed by atoms with Crippen molar-refractivity contribution in [3.05, 3.63) is 0 Å². The Bertz CT molecular complexity index is 429. The number of rotatable bonds is 0. The van der Waals surface area contributed by atoms with E-state index in [1.54, 1.807) is 0 Å². The number of fused-ring (bicyclic) bond motifs is 3. The molecule has 6 rings (SSSR count). The average Bonchev–Trinajstić information content (AvgIpc) is 3.52. The van der Waals surface area contributed by atoms with Gasteiger partial charge in [-0.2, -0.15) is 0 Å². The molecule has 4 heteroatoms. The summed E-state index contributed by atoms with van der Waals surface area (Å²) >= 11 is 0. The van der Waals surface area contributed by atoms with Crippen LogP contribution in [0.5, 0.6) is 0 Å². The molecule has 0 aromatic heterocycles. The summed E-state index contributed by atoms with van der Waals surface area (Å²) in [6.07, 6.45) is 7.63. The van der Waals surface area contributed by atoms with Crippen molar-refractivity contribution in [2.75, 3.05) is 26.4 Å². The fourth-order valence-corrected chi connectivity index (χ4v) is 6.86. The van der Waals surface area contributed by atoms with Crippen LogP contribution in [0.3, 0.4) is 0 Å². The van der Waals surface area contributed by atoms with Crippen LogP contribution in [0.2, 0.25) is 0 Å². The highest BCUT2D eigenvalue weighted by molar-refractivity contribution is 4.92. The lowest BCUT2D eigenvalue weighted by molar-refractivity contribution is 0.0627. The smallest absolute Gasteiger partial charge is 0.0887 e. The maximum atomic E-state index is 5.70. The summed E-state index contributed by atoms with van der Waals surface area (Å²) in [6.45, 7) is 17.5. The molecule has 0 aromatic carbocycles. The summed E-state index contributed by atoms with van der Waals surface area (Å²) in [4.78, 5) is 0. The summed E-state index contributed by atoms with van der Waals surface area (Å²) in [5.41, 5.74) is 0. The zero-order valence-electron chi connectivity index (χ0n) is 20.2. The van der Waals surface area contributed by atoms with E-state index >= 15 is 0 Å². The van der Waals surface area contributed by atoms with Crippen molar-refractivity contribution in [1.82, 2.24) is 0 Å². The van der Waals surface area contributed by atoms with Crippen molar-refractivity contribution in [2.24, 2.45) is 47.3 Å². The maximum absolute atomic E-state index is 5.70. The normalized spacial score (nSPS) is 53.4. The van der Waals surface area contributed by atoms with Crippen LogP contribution in [-0.2, 0) is 18.9 Å². The largest absolute Gasteiger partial charge is 0.377 e. The van der Waals surface area contributed by atoms with E-state index in [4.69, 9.17) is 18.9 Å². The van der Waals surface area contributed by atoms with Gasteiger partial charge in [-0.25, -0.2) is 0 Å². The van der Waals surface area contributed by atoms with Gasteiger partial charge in [-0.05, 0) is 61.2 Å². The second kappa shape index (κ2) is 9.77. The highest BCUT2D eigenvalue weighted by Gasteiger charge is 2.44. The monoisotopic (exact) mass is 422 g/mol. The lowest BCUT2D eigenvalue weighted by Gasteiger charge is -2.13. The second-order valence-corrected chi connectivity index (χ2v) is 11.5. The molecule has 0 spiro atoms. The minimum absolute atomic E-state index is 0.398. The first-order valence-corrected chi connectivity index (χ1v) is 12.8. The van der Waals surface area contributed by atoms with Gasteiger partial charge in [0, 0.05) is 25.0 Å². The fraction of sp³-hybridized carbons (Fsp3) is 1.00. The van der Waals surface area contributed by atoms with Gasteiger partial charge in [0.25, 0.3) is 0 Å². The maximum Gasteiger partial charge on any atom is 0.0887 e. The minimum Gasteiger partial charge on any atom is -0.377 e. The molecule has 12 unspecified atom stereocenters. The molecule has 0 bridgehead atoms. The standard InChI is InChI=1S/2C9H16O.C8H14O2/c2*1-6-3-4-8-7(2)5-10-9(6)8;1-5-3-9-8-6(2)4-10-7(5)8/h2*6-9H,3-5H2,1-2H3;5-8H,3-4H2,1-2H3. The molecule has 2 saturated carbocycles. The molecule has 30 heavy (non-hydrogen) atoms. The Balaban J connectivity index is 0.000000109. The number of ether oxygens (including phenoxy) is 4. The molecule has 12 atom stereocenters. The van der Waals surface area contributed by atoms with Crippen LogP contribution >= 0.6 is 0 Å². The molecule has 4 aliphatic heterocycles. The van der Waals surface area contributed by atoms with E-state index in [0.717, 1.165) is 61.9 Å². The third kappa shape index (κ3) is 4.63. The van der Waals surface area contributed by atoms with E-state index in [-0.39, 0.29) is 0 Å². The van der Waals surface area contributed by atoms with Crippen LogP contribution in [0.15, 0.2) is 0 Å². The SMILES string of the molecule is CC1COC2C(C)CCC12.CC1COC2C(C)CCC12.CC1COC2C(C)COC12. The summed E-state index contributed by atoms with van der Waals surface area (Å²) in [5, 5.41) is 0. The number of hydrogen-bond donors (Lipinski definition) is 0. The first-order valence-electron chi connectivity index (χ1n) is 12.8. The van der Waals surface area contributed by atoms with Gasteiger partial charge in [0.1, 0.15) is 0 Å². The van der Waals surface area contributed by atoms with Gasteiger partial charge in [0.2, 0.25) is 0 Å². The molecule has 0 radical (unpaired) electrons. The average molecular weight is 423 g/mol. The molecule has 2 aliphatic carbocycles. The Labute approximate surface area is 184 Å². The van der Waals surface area contributed by atoms with Crippen molar-refractivity contribution in [1.29, 1.82) is 0 Å². The second-order valence-electron chi connectivity index (χ2n) is 11.5. The van der Waals surface area contributed by atoms with Crippen molar-refractivity contribution < 1.29 is 18.9 Å². The lowest BCUT2D eigenvalue weighted by Crippen LogP contribution is -2.23. The van der Waals surface area contributed by atoms with E-state index < -0.39 is 0 Å². The molecule has 6 aliphatic rings. The number of hydrogen-bond acceptors (Lipinski definition) is 4. The van der Waals surface area contributed by atoms with E-state index in [1.165, 1.54) is 25.7 Å². The predicted molar refractivity (Wildman–Crippen MR) is 119 cm³/mol. The van der Waals surface area contributed by atoms with Crippen molar-refractivity contribution in [3.8, 4) is 0 Å². The Morgan fingerprint density at radius 1 is 0.367 bits per heavy atom. The third-order valence-electron chi connectivity index (χ3n) is 8.99. The Morgan fingerprint density at radius 3 is 1.07 bits per heavy atom. The van der Waals surface area contributed by atoms with Gasteiger partial charge in [0.15, 0.2) is 0 Å². The van der Waals surface area contributed by atoms with Gasteiger partial charge in [-0.1, -0.05) is 41.5 Å². The van der Waals surface area contributed by atoms with Crippen LogP contribution in [0, 0.1) is 47.3 Å². The lowest BCUT2D eigenvalue weighted by atomic mass is 9.93. The van der Waals surface area contributed by atoms with E-state index in [1.807, 2.05) is 0 Å². The molecule has 6 fully saturated rings. The zero-order chi connectivity index (χ0) is 21.4. The molecule has 0 N–H and O–H groups in total. The minimum atomic E-state index is 0.398. The Kier molecular flexibility index (Phi) is 7.49. The van der Waals surface area contributed by atoms with Gasteiger partial charge in [-0.15, -0.1) is 0 Å². The summed E-state index contributed by atoms with van der Waals surface area (Å²) in [6, 6.07) is 0. The van der Waals surface area contributed by atoms with Crippen LogP contribution < -0.4 is 0 Å². The van der Waals surface area contributed by atoms with Gasteiger partial charge in [-0.3, -0.25) is 0 Å². The first kappa shape index (κ1) is 23.0. The highest BCUT2D eigenvalue weighted by atomic mass is 16.6. The topological polar surface area (TPSA) is 36.9 Å². The van der Waals surface area contributed by atoms with Crippen LogP contribution in [0.25, 0.3) is 0 Å².